The highest BCUT2D eigenvalue weighted by molar-refractivity contribution is 6.02. The highest BCUT2D eigenvalue weighted by atomic mass is 16.5. The highest BCUT2D eigenvalue weighted by Gasteiger charge is 2.15. The summed E-state index contributed by atoms with van der Waals surface area (Å²) in [6.07, 6.45) is 3.05. The smallest absolute Gasteiger partial charge is 0.323 e. The number of aromatic nitrogens is 1. The van der Waals surface area contributed by atoms with Crippen LogP contribution < -0.4 is 26.5 Å². The van der Waals surface area contributed by atoms with Crippen molar-refractivity contribution in [2.45, 2.75) is 13.8 Å². The van der Waals surface area contributed by atoms with Gasteiger partial charge in [-0.25, -0.2) is 4.79 Å². The Morgan fingerprint density at radius 3 is 2.32 bits per heavy atom. The second-order valence-electron chi connectivity index (χ2n) is 6.89. The van der Waals surface area contributed by atoms with Crippen LogP contribution in [0.15, 0.2) is 54.9 Å². The summed E-state index contributed by atoms with van der Waals surface area (Å²) in [5, 5.41) is 5.51. The third kappa shape index (κ3) is 5.21. The number of anilines is 2. The van der Waals surface area contributed by atoms with E-state index in [0.29, 0.717) is 28.3 Å². The fourth-order valence-electron chi connectivity index (χ4n) is 3.06. The average Bonchev–Trinajstić information content (AvgIpc) is 3.12. The Bertz CT molecular complexity index is 1140. The number of rotatable bonds is 6. The summed E-state index contributed by atoms with van der Waals surface area (Å²) in [7, 11) is 1.53. The molecule has 0 spiro atoms. The molecule has 0 atom stereocenters. The number of hydrogen-bond donors (Lipinski definition) is 4. The Kier molecular flexibility index (Phi) is 6.25. The van der Waals surface area contributed by atoms with Gasteiger partial charge in [0.25, 0.3) is 5.91 Å². The van der Waals surface area contributed by atoms with Crippen LogP contribution in [0.4, 0.5) is 16.2 Å². The first-order chi connectivity index (χ1) is 14.8. The minimum Gasteiger partial charge on any atom is -0.495 e. The number of benzene rings is 2. The third-order valence-corrected chi connectivity index (χ3v) is 4.44. The van der Waals surface area contributed by atoms with Gasteiger partial charge in [-0.3, -0.25) is 19.7 Å². The zero-order chi connectivity index (χ0) is 22.5. The van der Waals surface area contributed by atoms with Gasteiger partial charge in [0.15, 0.2) is 0 Å². The number of urea groups is 1. The van der Waals surface area contributed by atoms with Crippen molar-refractivity contribution in [3.8, 4) is 16.9 Å². The van der Waals surface area contributed by atoms with Gasteiger partial charge in [0.1, 0.15) is 5.75 Å². The maximum Gasteiger partial charge on any atom is 0.323 e. The number of primary amides is 1. The van der Waals surface area contributed by atoms with Crippen LogP contribution in [0.25, 0.3) is 11.1 Å². The van der Waals surface area contributed by atoms with Crippen molar-refractivity contribution >= 4 is 29.2 Å². The molecule has 0 radical (unpaired) electrons. The molecule has 0 unspecified atom stereocenters. The number of methoxy groups -OCH3 is 1. The van der Waals surface area contributed by atoms with E-state index < -0.39 is 11.9 Å². The van der Waals surface area contributed by atoms with E-state index in [4.69, 9.17) is 10.5 Å². The molecule has 4 amide bonds. The first kappa shape index (κ1) is 21.4. The molecule has 3 rings (SSSR count). The number of ether oxygens (including phenoxy) is 1. The standard InChI is InChI=1S/C22H23N5O4/c1-13-4-9-20(31-3)19(10-13)25-22(30)24-16-7-5-15(6-8-16)17-11-27(26-14(2)28)12-18(17)21(23)29/h4-12H,1-3H3,(H2,23,29)(H,26,28)(H2,24,25,30). The van der Waals surface area contributed by atoms with Gasteiger partial charge in [-0.2, -0.15) is 0 Å². The molecule has 9 heteroatoms. The number of carbonyl (C=O) groups excluding carboxylic acids is 3. The summed E-state index contributed by atoms with van der Waals surface area (Å²) in [5.74, 6) is -0.347. The topological polar surface area (TPSA) is 127 Å². The average molecular weight is 421 g/mol. The van der Waals surface area contributed by atoms with Gasteiger partial charge in [-0.15, -0.1) is 0 Å². The Balaban J connectivity index is 1.76. The molecule has 1 heterocycles. The summed E-state index contributed by atoms with van der Waals surface area (Å²) in [6.45, 7) is 3.28. The largest absolute Gasteiger partial charge is 0.495 e. The van der Waals surface area contributed by atoms with Crippen molar-refractivity contribution in [1.82, 2.24) is 4.68 Å². The predicted molar refractivity (Wildman–Crippen MR) is 119 cm³/mol. The molecule has 3 aromatic rings. The number of amides is 4. The van der Waals surface area contributed by atoms with E-state index in [9.17, 15) is 14.4 Å². The zero-order valence-electron chi connectivity index (χ0n) is 17.4. The van der Waals surface area contributed by atoms with Gasteiger partial charge in [-0.1, -0.05) is 18.2 Å². The molecular formula is C22H23N5O4. The van der Waals surface area contributed by atoms with Crippen molar-refractivity contribution < 1.29 is 19.1 Å². The first-order valence-electron chi connectivity index (χ1n) is 9.39. The molecule has 0 fully saturated rings. The maximum absolute atomic E-state index is 12.4. The van der Waals surface area contributed by atoms with Crippen molar-refractivity contribution in [2.75, 3.05) is 23.2 Å². The fraction of sp³-hybridized carbons (Fsp3) is 0.136. The Morgan fingerprint density at radius 1 is 1.00 bits per heavy atom. The van der Waals surface area contributed by atoms with Crippen LogP contribution in [0.3, 0.4) is 0 Å². The van der Waals surface area contributed by atoms with E-state index in [1.807, 2.05) is 19.1 Å². The van der Waals surface area contributed by atoms with Crippen LogP contribution >= 0.6 is 0 Å². The predicted octanol–water partition coefficient (Wildman–Crippen LogP) is 3.31. The molecule has 1 aromatic heterocycles. The number of carbonyl (C=O) groups is 3. The summed E-state index contributed by atoms with van der Waals surface area (Å²) in [5.41, 5.74) is 11.6. The van der Waals surface area contributed by atoms with Gasteiger partial charge < -0.3 is 21.1 Å². The van der Waals surface area contributed by atoms with Crippen molar-refractivity contribution in [3.05, 3.63) is 66.0 Å². The van der Waals surface area contributed by atoms with Crippen LogP contribution in [0.1, 0.15) is 22.8 Å². The quantitative estimate of drug-likeness (QED) is 0.487. The molecule has 0 saturated heterocycles. The molecule has 0 saturated carbocycles. The summed E-state index contributed by atoms with van der Waals surface area (Å²) < 4.78 is 6.65. The zero-order valence-corrected chi connectivity index (χ0v) is 17.4. The summed E-state index contributed by atoms with van der Waals surface area (Å²) in [6, 6.07) is 11.9. The van der Waals surface area contributed by atoms with E-state index in [0.717, 1.165) is 5.56 Å². The van der Waals surface area contributed by atoms with E-state index >= 15 is 0 Å². The number of nitrogens with one attached hydrogen (secondary N) is 3. The van der Waals surface area contributed by atoms with Gasteiger partial charge >= 0.3 is 6.03 Å². The Hall–Kier alpha value is -4.27. The Morgan fingerprint density at radius 2 is 1.71 bits per heavy atom. The molecule has 0 aliphatic carbocycles. The summed E-state index contributed by atoms with van der Waals surface area (Å²) >= 11 is 0. The van der Waals surface area contributed by atoms with Gasteiger partial charge in [0.05, 0.1) is 18.4 Å². The minimum absolute atomic E-state index is 0.263. The molecule has 0 aliphatic rings. The maximum atomic E-state index is 12.4. The fourth-order valence-corrected chi connectivity index (χ4v) is 3.06. The first-order valence-corrected chi connectivity index (χ1v) is 9.39. The second kappa shape index (κ2) is 9.04. The normalized spacial score (nSPS) is 10.3. The number of nitrogens with zero attached hydrogens (tertiary/aromatic N) is 1. The van der Waals surface area contributed by atoms with Crippen LogP contribution in [0, 0.1) is 6.92 Å². The molecule has 0 bridgehead atoms. The molecule has 0 aliphatic heterocycles. The van der Waals surface area contributed by atoms with Crippen LogP contribution in [-0.4, -0.2) is 29.6 Å². The van der Waals surface area contributed by atoms with Crippen LogP contribution in [-0.2, 0) is 4.79 Å². The van der Waals surface area contributed by atoms with E-state index in [1.165, 1.54) is 24.9 Å². The van der Waals surface area contributed by atoms with Gasteiger partial charge in [0.2, 0.25) is 5.91 Å². The lowest BCUT2D eigenvalue weighted by Crippen LogP contribution is -2.19. The van der Waals surface area contributed by atoms with Gasteiger partial charge in [0, 0.05) is 30.6 Å². The van der Waals surface area contributed by atoms with E-state index in [1.54, 1.807) is 36.5 Å². The van der Waals surface area contributed by atoms with Crippen molar-refractivity contribution in [3.63, 3.8) is 0 Å². The molecule has 9 nitrogen and oxygen atoms in total. The minimum atomic E-state index is -0.618. The molecule has 2 aromatic carbocycles. The van der Waals surface area contributed by atoms with Crippen molar-refractivity contribution in [1.29, 1.82) is 0 Å². The monoisotopic (exact) mass is 421 g/mol. The lowest BCUT2D eigenvalue weighted by Gasteiger charge is -2.12. The Labute approximate surface area is 179 Å². The molecule has 160 valence electrons. The SMILES string of the molecule is COc1ccc(C)cc1NC(=O)Nc1ccc(-c2cn(NC(C)=O)cc2C(N)=O)cc1. The molecule has 5 N–H and O–H groups in total. The van der Waals surface area contributed by atoms with Crippen molar-refractivity contribution in [2.24, 2.45) is 5.73 Å². The lowest BCUT2D eigenvalue weighted by atomic mass is 10.0. The van der Waals surface area contributed by atoms with Gasteiger partial charge in [-0.05, 0) is 42.3 Å². The van der Waals surface area contributed by atoms with Crippen LogP contribution in [0.2, 0.25) is 0 Å². The highest BCUT2D eigenvalue weighted by Crippen LogP contribution is 2.27. The number of hydrogen-bond acceptors (Lipinski definition) is 4. The van der Waals surface area contributed by atoms with Crippen LogP contribution in [0.5, 0.6) is 5.75 Å². The van der Waals surface area contributed by atoms with E-state index in [2.05, 4.69) is 16.1 Å². The lowest BCUT2D eigenvalue weighted by molar-refractivity contribution is -0.115. The third-order valence-electron chi connectivity index (χ3n) is 4.44. The molecule has 31 heavy (non-hydrogen) atoms. The summed E-state index contributed by atoms with van der Waals surface area (Å²) in [4.78, 5) is 35.4. The molecular weight excluding hydrogens is 398 g/mol. The number of nitrogens with two attached hydrogens (primary N) is 1. The second-order valence-corrected chi connectivity index (χ2v) is 6.89. The number of aryl methyl sites for hydroxylation is 1. The van der Waals surface area contributed by atoms with E-state index in [-0.39, 0.29) is 11.5 Å².